The Labute approximate surface area is 213 Å². The van der Waals surface area contributed by atoms with Crippen molar-refractivity contribution in [2.75, 3.05) is 6.54 Å². The molecule has 3 heterocycles. The molecule has 2 atom stereocenters. The molecule has 0 saturated carbocycles. The average Bonchev–Trinajstić information content (AvgIpc) is 3.60. The predicted molar refractivity (Wildman–Crippen MR) is 131 cm³/mol. The summed E-state index contributed by atoms with van der Waals surface area (Å²) in [4.78, 5) is 26.8. The summed E-state index contributed by atoms with van der Waals surface area (Å²) in [5.74, 6) is -0.485. The largest absolute Gasteiger partial charge is 0.365 e. The van der Waals surface area contributed by atoms with Gasteiger partial charge in [0.25, 0.3) is 6.43 Å². The zero-order valence-corrected chi connectivity index (χ0v) is 21.2. The SMILES string of the molecule is CC(C)CC(=O)N1CCCC1C(=O)NC(c1ccc(-c2cc(Cl)nn2C)cc1)C(F)F.c1cnoc1. The monoisotopic (exact) mass is 521 g/mol. The molecule has 1 fully saturated rings. The molecule has 3 aromatic rings. The summed E-state index contributed by atoms with van der Waals surface area (Å²) in [5, 5.41) is 10.2. The van der Waals surface area contributed by atoms with Crippen molar-refractivity contribution in [1.82, 2.24) is 25.2 Å². The van der Waals surface area contributed by atoms with Gasteiger partial charge in [-0.05, 0) is 36.0 Å². The first-order valence-corrected chi connectivity index (χ1v) is 12.1. The molecule has 0 radical (unpaired) electrons. The van der Waals surface area contributed by atoms with Crippen molar-refractivity contribution in [2.45, 2.75) is 51.6 Å². The van der Waals surface area contributed by atoms with Crippen LogP contribution in [0.25, 0.3) is 11.3 Å². The average molecular weight is 522 g/mol. The molecule has 2 unspecified atom stereocenters. The maximum atomic E-state index is 13.8. The molecule has 2 amide bonds. The fraction of sp³-hybridized carbons (Fsp3) is 0.440. The zero-order valence-electron chi connectivity index (χ0n) is 20.4. The number of benzene rings is 1. The van der Waals surface area contributed by atoms with Gasteiger partial charge in [0, 0.05) is 26.1 Å². The molecule has 4 rings (SSSR count). The molecule has 1 aromatic carbocycles. The van der Waals surface area contributed by atoms with Crippen LogP contribution in [0.4, 0.5) is 8.78 Å². The highest BCUT2D eigenvalue weighted by atomic mass is 35.5. The van der Waals surface area contributed by atoms with Gasteiger partial charge in [-0.15, -0.1) is 0 Å². The van der Waals surface area contributed by atoms with E-state index in [9.17, 15) is 18.4 Å². The Bertz CT molecular complexity index is 1100. The van der Waals surface area contributed by atoms with Gasteiger partial charge in [-0.1, -0.05) is 54.9 Å². The first-order chi connectivity index (χ1) is 17.2. The van der Waals surface area contributed by atoms with E-state index in [2.05, 4.69) is 20.1 Å². The van der Waals surface area contributed by atoms with Gasteiger partial charge < -0.3 is 14.7 Å². The quantitative estimate of drug-likeness (QED) is 0.478. The number of carbonyl (C=O) groups is 2. The number of nitrogens with one attached hydrogen (secondary N) is 1. The molecule has 1 saturated heterocycles. The number of aryl methyl sites for hydroxylation is 1. The van der Waals surface area contributed by atoms with Crippen molar-refractivity contribution in [3.05, 3.63) is 59.6 Å². The maximum Gasteiger partial charge on any atom is 0.262 e. The highest BCUT2D eigenvalue weighted by Gasteiger charge is 2.36. The Morgan fingerprint density at radius 3 is 2.47 bits per heavy atom. The van der Waals surface area contributed by atoms with Crippen LogP contribution >= 0.6 is 11.6 Å². The Morgan fingerprint density at radius 1 is 1.25 bits per heavy atom. The van der Waals surface area contributed by atoms with Crippen LogP contribution in [0.5, 0.6) is 0 Å². The van der Waals surface area contributed by atoms with Crippen LogP contribution in [0.3, 0.4) is 0 Å². The Hall–Kier alpha value is -3.27. The fourth-order valence-electron chi connectivity index (χ4n) is 4.08. The topological polar surface area (TPSA) is 93.3 Å². The second kappa shape index (κ2) is 12.6. The van der Waals surface area contributed by atoms with Gasteiger partial charge in [0.15, 0.2) is 5.15 Å². The third-order valence-electron chi connectivity index (χ3n) is 5.77. The van der Waals surface area contributed by atoms with Crippen LogP contribution in [0, 0.1) is 5.92 Å². The van der Waals surface area contributed by atoms with E-state index in [0.717, 1.165) is 11.3 Å². The summed E-state index contributed by atoms with van der Waals surface area (Å²) < 4.78 is 33.6. The van der Waals surface area contributed by atoms with Crippen LogP contribution in [0.1, 0.15) is 44.7 Å². The van der Waals surface area contributed by atoms with Crippen molar-refractivity contribution in [2.24, 2.45) is 13.0 Å². The molecule has 0 aliphatic carbocycles. The first kappa shape index (κ1) is 27.3. The highest BCUT2D eigenvalue weighted by Crippen LogP contribution is 2.27. The van der Waals surface area contributed by atoms with Crippen molar-refractivity contribution in [3.63, 3.8) is 0 Å². The lowest BCUT2D eigenvalue weighted by atomic mass is 10.0. The number of rotatable bonds is 7. The van der Waals surface area contributed by atoms with Crippen molar-refractivity contribution < 1.29 is 22.9 Å². The molecular weight excluding hydrogens is 492 g/mol. The molecule has 1 aliphatic heterocycles. The van der Waals surface area contributed by atoms with Gasteiger partial charge in [0.2, 0.25) is 11.8 Å². The van der Waals surface area contributed by atoms with Crippen molar-refractivity contribution >= 4 is 23.4 Å². The molecule has 8 nitrogen and oxygen atoms in total. The van der Waals surface area contributed by atoms with E-state index < -0.39 is 24.4 Å². The number of hydrogen-bond acceptors (Lipinski definition) is 5. The van der Waals surface area contributed by atoms with Gasteiger partial charge in [-0.25, -0.2) is 8.78 Å². The third-order valence-corrected chi connectivity index (χ3v) is 5.96. The standard InChI is InChI=1S/C22H27ClF2N4O2.C3H3NO/c1-13(2)11-19(30)29-10-4-5-16(29)22(31)26-20(21(24)25)15-8-6-14(7-9-15)17-12-18(23)27-28(17)3;1-2-4-5-3-1/h6-9,12-13,16,20-21H,4-5,10-11H2,1-3H3,(H,26,31);1-3H. The first-order valence-electron chi connectivity index (χ1n) is 11.7. The summed E-state index contributed by atoms with van der Waals surface area (Å²) in [6, 6.07) is 7.75. The normalized spacial score (nSPS) is 16.1. The van der Waals surface area contributed by atoms with E-state index in [1.165, 1.54) is 11.2 Å². The fourth-order valence-corrected chi connectivity index (χ4v) is 4.30. The van der Waals surface area contributed by atoms with Crippen LogP contribution in [0.15, 0.2) is 53.4 Å². The molecule has 1 N–H and O–H groups in total. The number of amides is 2. The lowest BCUT2D eigenvalue weighted by molar-refractivity contribution is -0.139. The molecule has 11 heteroatoms. The molecule has 36 heavy (non-hydrogen) atoms. The van der Waals surface area contributed by atoms with Crippen molar-refractivity contribution in [3.8, 4) is 11.3 Å². The van der Waals surface area contributed by atoms with E-state index in [1.807, 2.05) is 13.8 Å². The zero-order chi connectivity index (χ0) is 26.2. The molecule has 0 spiro atoms. The van der Waals surface area contributed by atoms with E-state index in [4.69, 9.17) is 11.6 Å². The van der Waals surface area contributed by atoms with Crippen LogP contribution < -0.4 is 5.32 Å². The lowest BCUT2D eigenvalue weighted by Gasteiger charge is -2.27. The summed E-state index contributed by atoms with van der Waals surface area (Å²) >= 11 is 5.91. The summed E-state index contributed by atoms with van der Waals surface area (Å²) in [6.45, 7) is 4.34. The van der Waals surface area contributed by atoms with Gasteiger partial charge in [-0.2, -0.15) is 5.10 Å². The summed E-state index contributed by atoms with van der Waals surface area (Å²) in [7, 11) is 1.74. The minimum atomic E-state index is -2.79. The van der Waals surface area contributed by atoms with Gasteiger partial charge >= 0.3 is 0 Å². The molecule has 2 aromatic heterocycles. The lowest BCUT2D eigenvalue weighted by Crippen LogP contribution is -2.48. The summed E-state index contributed by atoms with van der Waals surface area (Å²) in [5.41, 5.74) is 1.81. The molecule has 194 valence electrons. The second-order valence-electron chi connectivity index (χ2n) is 8.95. The van der Waals surface area contributed by atoms with E-state index in [0.29, 0.717) is 36.5 Å². The van der Waals surface area contributed by atoms with E-state index >= 15 is 0 Å². The van der Waals surface area contributed by atoms with Crippen LogP contribution in [-0.4, -0.2) is 50.7 Å². The second-order valence-corrected chi connectivity index (χ2v) is 9.34. The van der Waals surface area contributed by atoms with Gasteiger partial charge in [-0.3, -0.25) is 14.3 Å². The highest BCUT2D eigenvalue weighted by molar-refractivity contribution is 6.29. The maximum absolute atomic E-state index is 13.8. The summed E-state index contributed by atoms with van der Waals surface area (Å²) in [6.07, 6.45) is 1.80. The van der Waals surface area contributed by atoms with Crippen molar-refractivity contribution in [1.29, 1.82) is 0 Å². The Kier molecular flexibility index (Phi) is 9.58. The Balaban J connectivity index is 0.000000642. The number of aromatic nitrogens is 3. The van der Waals surface area contributed by atoms with Gasteiger partial charge in [0.05, 0.1) is 11.9 Å². The molecule has 0 bridgehead atoms. The number of halogens is 3. The number of hydrogen-bond donors (Lipinski definition) is 1. The third kappa shape index (κ3) is 7.13. The number of alkyl halides is 2. The van der Waals surface area contributed by atoms with Crippen LogP contribution in [0.2, 0.25) is 5.15 Å². The van der Waals surface area contributed by atoms with E-state index in [-0.39, 0.29) is 11.8 Å². The molecular formula is C25H30ClF2N5O3. The smallest absolute Gasteiger partial charge is 0.262 e. The number of carbonyl (C=O) groups excluding carboxylic acids is 2. The number of nitrogens with zero attached hydrogens (tertiary/aromatic N) is 4. The molecule has 1 aliphatic rings. The minimum Gasteiger partial charge on any atom is -0.365 e. The van der Waals surface area contributed by atoms with Crippen LogP contribution in [-0.2, 0) is 16.6 Å². The van der Waals surface area contributed by atoms with E-state index in [1.54, 1.807) is 54.3 Å². The predicted octanol–water partition coefficient (Wildman–Crippen LogP) is 4.87. The Morgan fingerprint density at radius 2 is 1.97 bits per heavy atom. The van der Waals surface area contributed by atoms with Gasteiger partial charge in [0.1, 0.15) is 18.3 Å². The number of likely N-dealkylation sites (tertiary alicyclic amines) is 1. The minimum absolute atomic E-state index is 0.111.